The van der Waals surface area contributed by atoms with Crippen molar-refractivity contribution in [3.8, 4) is 0 Å². The zero-order chi connectivity index (χ0) is 42.8. The van der Waals surface area contributed by atoms with Gasteiger partial charge in [0.05, 0.1) is 19.8 Å². The molecule has 0 aromatic heterocycles. The van der Waals surface area contributed by atoms with Crippen LogP contribution in [0.25, 0.3) is 0 Å². The summed E-state index contributed by atoms with van der Waals surface area (Å²) in [6, 6.07) is 0. The molecule has 0 aliphatic heterocycles. The van der Waals surface area contributed by atoms with Gasteiger partial charge < -0.3 is 29.9 Å². The second-order valence-corrected chi connectivity index (χ2v) is 17.2. The smallest absolute Gasteiger partial charge is 0.306 e. The topological polar surface area (TPSA) is 134 Å². The van der Waals surface area contributed by atoms with Gasteiger partial charge in [-0.1, -0.05) is 245 Å². The average molecular weight is 829 g/mol. The summed E-state index contributed by atoms with van der Waals surface area (Å²) < 4.78 is 9.83. The molecular formula is C50H100O8. The standard InChI is InChI=1S/2C25H50O4/c1-2-3-4-5-6-7-8-9-10-11-12-13-14-15-16-17-18-19-20-21-25(28)29-23-24(27)22-26;1-2-3-4-5-6-7-8-9-10-11-12-13-14-15-16-17-18-19-20-21-25(28)29-24(22-26)23-27/h2*24,26-27H,2-23H2,1H3. The Morgan fingerprint density at radius 3 is 0.845 bits per heavy atom. The Balaban J connectivity index is 0. The Hall–Kier alpha value is -1.22. The summed E-state index contributed by atoms with van der Waals surface area (Å²) in [6.07, 6.45) is 49.9. The molecule has 8 heteroatoms. The summed E-state index contributed by atoms with van der Waals surface area (Å²) in [5.74, 6) is -0.588. The first kappa shape index (κ1) is 58.9. The number of esters is 2. The molecule has 0 radical (unpaired) electrons. The number of unbranched alkanes of at least 4 members (excludes halogenated alkanes) is 36. The molecule has 0 rings (SSSR count). The van der Waals surface area contributed by atoms with Gasteiger partial charge >= 0.3 is 11.9 Å². The van der Waals surface area contributed by atoms with Gasteiger partial charge in [0.2, 0.25) is 0 Å². The first-order chi connectivity index (χ1) is 28.4. The zero-order valence-electron chi connectivity index (χ0n) is 38.7. The Kier molecular flexibility index (Phi) is 52.7. The third kappa shape index (κ3) is 50.9. The second-order valence-electron chi connectivity index (χ2n) is 17.2. The fraction of sp³-hybridized carbons (Fsp3) is 0.960. The quantitative estimate of drug-likeness (QED) is 0.0352. The van der Waals surface area contributed by atoms with Crippen LogP contribution in [0, 0.1) is 0 Å². The summed E-state index contributed by atoms with van der Waals surface area (Å²) in [5.41, 5.74) is 0. The number of hydrogen-bond acceptors (Lipinski definition) is 8. The van der Waals surface area contributed by atoms with E-state index in [0.717, 1.165) is 25.7 Å². The summed E-state index contributed by atoms with van der Waals surface area (Å²) in [6.45, 7) is 3.45. The van der Waals surface area contributed by atoms with Crippen LogP contribution in [0.3, 0.4) is 0 Å². The molecule has 0 aromatic carbocycles. The largest absolute Gasteiger partial charge is 0.463 e. The molecule has 8 nitrogen and oxygen atoms in total. The third-order valence-electron chi connectivity index (χ3n) is 11.3. The third-order valence-corrected chi connectivity index (χ3v) is 11.3. The maximum Gasteiger partial charge on any atom is 0.306 e. The van der Waals surface area contributed by atoms with Gasteiger partial charge in [0.25, 0.3) is 0 Å². The van der Waals surface area contributed by atoms with E-state index in [1.54, 1.807) is 0 Å². The molecule has 0 saturated heterocycles. The number of rotatable bonds is 46. The highest BCUT2D eigenvalue weighted by atomic mass is 16.6. The van der Waals surface area contributed by atoms with E-state index in [9.17, 15) is 9.59 Å². The number of ether oxygens (including phenoxy) is 2. The number of carbonyl (C=O) groups excluding carboxylic acids is 2. The van der Waals surface area contributed by atoms with Crippen molar-refractivity contribution in [2.75, 3.05) is 26.4 Å². The van der Waals surface area contributed by atoms with Gasteiger partial charge in [-0.05, 0) is 12.8 Å². The Morgan fingerprint density at radius 1 is 0.362 bits per heavy atom. The number of aliphatic hydroxyl groups is 4. The fourth-order valence-corrected chi connectivity index (χ4v) is 7.39. The highest BCUT2D eigenvalue weighted by molar-refractivity contribution is 5.69. The van der Waals surface area contributed by atoms with Gasteiger partial charge in [0, 0.05) is 12.8 Å². The molecule has 0 aliphatic carbocycles. The van der Waals surface area contributed by atoms with Gasteiger partial charge in [0.1, 0.15) is 18.8 Å². The van der Waals surface area contributed by atoms with Crippen LogP contribution in [0.1, 0.15) is 271 Å². The molecule has 0 saturated carbocycles. The van der Waals surface area contributed by atoms with Gasteiger partial charge in [0.15, 0.2) is 0 Å². The van der Waals surface area contributed by atoms with E-state index in [1.807, 2.05) is 0 Å². The molecule has 0 aliphatic rings. The van der Waals surface area contributed by atoms with Crippen LogP contribution in [-0.4, -0.2) is 71.0 Å². The van der Waals surface area contributed by atoms with Crippen molar-refractivity contribution in [1.29, 1.82) is 0 Å². The van der Waals surface area contributed by atoms with Crippen molar-refractivity contribution in [2.24, 2.45) is 0 Å². The summed E-state index contributed by atoms with van der Waals surface area (Å²) in [4.78, 5) is 22.9. The summed E-state index contributed by atoms with van der Waals surface area (Å²) >= 11 is 0. The number of aliphatic hydroxyl groups excluding tert-OH is 4. The minimum atomic E-state index is -0.955. The molecule has 0 aromatic rings. The molecule has 0 spiro atoms. The maximum absolute atomic E-state index is 11.5. The molecule has 1 atom stereocenters. The van der Waals surface area contributed by atoms with Crippen LogP contribution >= 0.6 is 0 Å². The van der Waals surface area contributed by atoms with Crippen molar-refractivity contribution >= 4 is 11.9 Å². The van der Waals surface area contributed by atoms with E-state index in [-0.39, 0.29) is 38.4 Å². The average Bonchev–Trinajstić information content (AvgIpc) is 3.23. The molecule has 348 valence electrons. The lowest BCUT2D eigenvalue weighted by atomic mass is 10.0. The molecule has 0 heterocycles. The van der Waals surface area contributed by atoms with Crippen molar-refractivity contribution in [2.45, 2.75) is 283 Å². The van der Waals surface area contributed by atoms with Crippen LogP contribution in [-0.2, 0) is 19.1 Å². The van der Waals surface area contributed by atoms with Crippen molar-refractivity contribution in [1.82, 2.24) is 0 Å². The van der Waals surface area contributed by atoms with Gasteiger partial charge in [-0.15, -0.1) is 0 Å². The molecule has 1 unspecified atom stereocenters. The van der Waals surface area contributed by atoms with Crippen molar-refractivity contribution in [3.05, 3.63) is 0 Å². The van der Waals surface area contributed by atoms with Crippen LogP contribution in [0.5, 0.6) is 0 Å². The molecule has 58 heavy (non-hydrogen) atoms. The first-order valence-corrected chi connectivity index (χ1v) is 25.3. The molecule has 0 bridgehead atoms. The predicted molar refractivity (Wildman–Crippen MR) is 244 cm³/mol. The van der Waals surface area contributed by atoms with E-state index < -0.39 is 12.2 Å². The summed E-state index contributed by atoms with van der Waals surface area (Å²) in [7, 11) is 0. The van der Waals surface area contributed by atoms with E-state index >= 15 is 0 Å². The maximum atomic E-state index is 11.5. The lowest BCUT2D eigenvalue weighted by Crippen LogP contribution is -2.25. The van der Waals surface area contributed by atoms with Crippen LogP contribution in [0.15, 0.2) is 0 Å². The van der Waals surface area contributed by atoms with Crippen LogP contribution in [0.4, 0.5) is 0 Å². The van der Waals surface area contributed by atoms with Gasteiger partial charge in [-0.2, -0.15) is 0 Å². The number of carbonyl (C=O) groups is 2. The highest BCUT2D eigenvalue weighted by Gasteiger charge is 2.12. The van der Waals surface area contributed by atoms with Crippen molar-refractivity contribution in [3.63, 3.8) is 0 Å². The van der Waals surface area contributed by atoms with Crippen molar-refractivity contribution < 1.29 is 39.5 Å². The van der Waals surface area contributed by atoms with E-state index in [4.69, 9.17) is 29.9 Å². The Morgan fingerprint density at radius 2 is 0.603 bits per heavy atom. The minimum Gasteiger partial charge on any atom is -0.463 e. The minimum absolute atomic E-state index is 0.103. The highest BCUT2D eigenvalue weighted by Crippen LogP contribution is 2.17. The van der Waals surface area contributed by atoms with Crippen LogP contribution < -0.4 is 0 Å². The van der Waals surface area contributed by atoms with E-state index in [2.05, 4.69) is 13.8 Å². The molecule has 0 amide bonds. The predicted octanol–water partition coefficient (Wildman–Crippen LogP) is 13.4. The Bertz CT molecular complexity index is 790. The molecule has 4 N–H and O–H groups in total. The second kappa shape index (κ2) is 51.9. The lowest BCUT2D eigenvalue weighted by molar-refractivity contribution is -0.153. The van der Waals surface area contributed by atoms with Gasteiger partial charge in [-0.25, -0.2) is 0 Å². The van der Waals surface area contributed by atoms with E-state index in [1.165, 1.54) is 218 Å². The van der Waals surface area contributed by atoms with Crippen LogP contribution in [0.2, 0.25) is 0 Å². The Labute approximate surface area is 359 Å². The zero-order valence-corrected chi connectivity index (χ0v) is 38.7. The van der Waals surface area contributed by atoms with Gasteiger partial charge in [-0.3, -0.25) is 9.59 Å². The normalized spacial score (nSPS) is 11.8. The lowest BCUT2D eigenvalue weighted by Gasteiger charge is -2.12. The first-order valence-electron chi connectivity index (χ1n) is 25.3. The summed E-state index contributed by atoms with van der Waals surface area (Å²) in [5, 5.41) is 35.5. The molecular weight excluding hydrogens is 729 g/mol. The molecule has 0 fully saturated rings. The SMILES string of the molecule is CCCCCCCCCCCCCCCCCCCCCC(=O)OC(CO)CO.CCCCCCCCCCCCCCCCCCCCCC(=O)OCC(O)CO. The fourth-order valence-electron chi connectivity index (χ4n) is 7.39. The van der Waals surface area contributed by atoms with E-state index in [0.29, 0.717) is 12.8 Å². The monoisotopic (exact) mass is 829 g/mol. The number of hydrogen-bond donors (Lipinski definition) is 4.